The van der Waals surface area contributed by atoms with Gasteiger partial charge in [0.15, 0.2) is 0 Å². The van der Waals surface area contributed by atoms with Crippen molar-refractivity contribution in [3.63, 3.8) is 0 Å². The van der Waals surface area contributed by atoms with Crippen molar-refractivity contribution in [2.45, 2.75) is 11.3 Å². The van der Waals surface area contributed by atoms with E-state index in [9.17, 15) is 19.5 Å². The molecule has 32 heavy (non-hydrogen) atoms. The smallest absolute Gasteiger partial charge is 0.307 e. The van der Waals surface area contributed by atoms with Crippen LogP contribution in [0.15, 0.2) is 77.7 Å². The summed E-state index contributed by atoms with van der Waals surface area (Å²) >= 11 is 7.38. The number of carboxylic acid groups (broad SMARTS) is 1. The lowest BCUT2D eigenvalue weighted by Crippen LogP contribution is -2.33. The number of carbonyl (C=O) groups excluding carboxylic acids is 2. The summed E-state index contributed by atoms with van der Waals surface area (Å²) in [6.07, 6.45) is 0.205. The topological polar surface area (TPSA) is 74.7 Å². The minimum atomic E-state index is -0.938. The number of fused-ring (bicyclic) bond motifs is 1. The summed E-state index contributed by atoms with van der Waals surface area (Å²) in [5.74, 6) is -1.99. The van der Waals surface area contributed by atoms with E-state index in [1.165, 1.54) is 11.8 Å². The first kappa shape index (κ1) is 22.1. The molecule has 162 valence electrons. The van der Waals surface area contributed by atoms with Crippen LogP contribution in [0.5, 0.6) is 0 Å². The van der Waals surface area contributed by atoms with Gasteiger partial charge in [-0.2, -0.15) is 0 Å². The predicted molar refractivity (Wildman–Crippen MR) is 125 cm³/mol. The lowest BCUT2D eigenvalue weighted by atomic mass is 10.1. The van der Waals surface area contributed by atoms with Gasteiger partial charge in [0.2, 0.25) is 0 Å². The summed E-state index contributed by atoms with van der Waals surface area (Å²) in [4.78, 5) is 38.8. The Hall–Kier alpha value is -3.09. The van der Waals surface area contributed by atoms with Crippen LogP contribution in [0.4, 0.5) is 0 Å². The van der Waals surface area contributed by atoms with Gasteiger partial charge in [-0.15, -0.1) is 11.8 Å². The van der Waals surface area contributed by atoms with E-state index in [4.69, 9.17) is 11.6 Å². The molecule has 1 N–H and O–H groups in total. The van der Waals surface area contributed by atoms with Crippen LogP contribution in [-0.2, 0) is 4.79 Å². The number of imide groups is 1. The molecule has 3 aromatic carbocycles. The highest BCUT2D eigenvalue weighted by Crippen LogP contribution is 2.28. The molecule has 0 aliphatic carbocycles. The molecule has 0 saturated heterocycles. The Morgan fingerprint density at radius 1 is 0.875 bits per heavy atom. The number of rotatable bonds is 8. The van der Waals surface area contributed by atoms with E-state index in [1.807, 2.05) is 48.5 Å². The molecule has 3 aromatic rings. The molecular formula is C25H20ClNO4S. The largest absolute Gasteiger partial charge is 0.481 e. The van der Waals surface area contributed by atoms with Gasteiger partial charge in [-0.1, -0.05) is 48.0 Å². The SMILES string of the molecule is O=C(O)C(CCN1C(=O)c2ccccc2C1=O)CSc1ccc(-c2ccc(Cl)cc2)cc1. The molecule has 2 amide bonds. The summed E-state index contributed by atoms with van der Waals surface area (Å²) in [7, 11) is 0. The third-order valence-electron chi connectivity index (χ3n) is 5.41. The summed E-state index contributed by atoms with van der Waals surface area (Å²) in [5, 5.41) is 10.3. The Bertz CT molecular complexity index is 1130. The molecule has 1 heterocycles. The number of halogens is 1. The maximum Gasteiger partial charge on any atom is 0.307 e. The second-order valence-electron chi connectivity index (χ2n) is 7.47. The first-order chi connectivity index (χ1) is 15.4. The number of carbonyl (C=O) groups is 3. The number of hydrogen-bond acceptors (Lipinski definition) is 4. The predicted octanol–water partition coefficient (Wildman–Crippen LogP) is 5.49. The van der Waals surface area contributed by atoms with Crippen LogP contribution in [0.25, 0.3) is 11.1 Å². The number of aliphatic carboxylic acids is 1. The summed E-state index contributed by atoms with van der Waals surface area (Å²) in [6, 6.07) is 22.1. The maximum atomic E-state index is 12.5. The fourth-order valence-electron chi connectivity index (χ4n) is 3.59. The number of thioether (sulfide) groups is 1. The standard InChI is InChI=1S/C25H20ClNO4S/c26-19-9-5-16(6-10-19)17-7-11-20(12-8-17)32-15-18(25(30)31)13-14-27-23(28)21-3-1-2-4-22(21)24(27)29/h1-12,18H,13-15H2,(H,30,31). The molecule has 1 aliphatic rings. The Labute approximate surface area is 195 Å². The van der Waals surface area contributed by atoms with Crippen molar-refractivity contribution in [3.8, 4) is 11.1 Å². The van der Waals surface area contributed by atoms with Crippen molar-refractivity contribution in [2.75, 3.05) is 12.3 Å². The average Bonchev–Trinajstić information content (AvgIpc) is 3.04. The third-order valence-corrected chi connectivity index (χ3v) is 6.84. The van der Waals surface area contributed by atoms with E-state index in [2.05, 4.69) is 0 Å². The molecule has 0 bridgehead atoms. The fraction of sp³-hybridized carbons (Fsp3) is 0.160. The lowest BCUT2D eigenvalue weighted by molar-refractivity contribution is -0.141. The van der Waals surface area contributed by atoms with Crippen molar-refractivity contribution < 1.29 is 19.5 Å². The second kappa shape index (κ2) is 9.59. The maximum absolute atomic E-state index is 12.5. The zero-order valence-electron chi connectivity index (χ0n) is 17.0. The third kappa shape index (κ3) is 4.71. The number of benzene rings is 3. The number of carboxylic acids is 1. The van der Waals surface area contributed by atoms with Crippen LogP contribution in [0.3, 0.4) is 0 Å². The van der Waals surface area contributed by atoms with Gasteiger partial charge in [0.05, 0.1) is 17.0 Å². The van der Waals surface area contributed by atoms with Crippen LogP contribution in [0, 0.1) is 5.92 Å². The van der Waals surface area contributed by atoms with E-state index < -0.39 is 11.9 Å². The van der Waals surface area contributed by atoms with Crippen molar-refractivity contribution in [1.29, 1.82) is 0 Å². The first-order valence-electron chi connectivity index (χ1n) is 10.1. The van der Waals surface area contributed by atoms with Gasteiger partial charge >= 0.3 is 5.97 Å². The zero-order valence-corrected chi connectivity index (χ0v) is 18.6. The molecule has 1 atom stereocenters. The highest BCUT2D eigenvalue weighted by molar-refractivity contribution is 7.99. The van der Waals surface area contributed by atoms with E-state index in [0.717, 1.165) is 20.9 Å². The van der Waals surface area contributed by atoms with Gasteiger partial charge in [-0.3, -0.25) is 19.3 Å². The molecule has 4 rings (SSSR count). The van der Waals surface area contributed by atoms with Crippen LogP contribution in [0.2, 0.25) is 5.02 Å². The highest BCUT2D eigenvalue weighted by atomic mass is 35.5. The summed E-state index contributed by atoms with van der Waals surface area (Å²) in [5.41, 5.74) is 2.85. The number of hydrogen-bond donors (Lipinski definition) is 1. The summed E-state index contributed by atoms with van der Waals surface area (Å²) in [6.45, 7) is 0.0827. The quantitative estimate of drug-likeness (QED) is 0.352. The molecule has 0 spiro atoms. The van der Waals surface area contributed by atoms with Gasteiger partial charge in [0, 0.05) is 22.2 Å². The van der Waals surface area contributed by atoms with Crippen molar-refractivity contribution >= 4 is 41.1 Å². The molecule has 0 fully saturated rings. The first-order valence-corrected chi connectivity index (χ1v) is 11.5. The second-order valence-corrected chi connectivity index (χ2v) is 9.00. The Kier molecular flexibility index (Phi) is 6.63. The molecule has 7 heteroatoms. The van der Waals surface area contributed by atoms with Crippen molar-refractivity contribution in [1.82, 2.24) is 4.90 Å². The van der Waals surface area contributed by atoms with E-state index in [-0.39, 0.29) is 24.8 Å². The van der Waals surface area contributed by atoms with Gasteiger partial charge in [0.25, 0.3) is 11.8 Å². The zero-order chi connectivity index (χ0) is 22.7. The Morgan fingerprint density at radius 3 is 1.94 bits per heavy atom. The van der Waals surface area contributed by atoms with E-state index in [1.54, 1.807) is 24.3 Å². The molecule has 5 nitrogen and oxygen atoms in total. The van der Waals surface area contributed by atoms with Gasteiger partial charge in [-0.05, 0) is 53.9 Å². The molecular weight excluding hydrogens is 446 g/mol. The fourth-order valence-corrected chi connectivity index (χ4v) is 4.75. The van der Waals surface area contributed by atoms with Crippen LogP contribution < -0.4 is 0 Å². The summed E-state index contributed by atoms with van der Waals surface area (Å²) < 4.78 is 0. The van der Waals surface area contributed by atoms with Crippen LogP contribution >= 0.6 is 23.4 Å². The van der Waals surface area contributed by atoms with Crippen LogP contribution in [-0.4, -0.2) is 40.1 Å². The minimum absolute atomic E-state index is 0.0827. The van der Waals surface area contributed by atoms with E-state index in [0.29, 0.717) is 21.9 Å². The van der Waals surface area contributed by atoms with Crippen LogP contribution in [0.1, 0.15) is 27.1 Å². The minimum Gasteiger partial charge on any atom is -0.481 e. The molecule has 0 aromatic heterocycles. The monoisotopic (exact) mass is 465 g/mol. The Morgan fingerprint density at radius 2 is 1.41 bits per heavy atom. The molecule has 0 saturated carbocycles. The van der Waals surface area contributed by atoms with E-state index >= 15 is 0 Å². The average molecular weight is 466 g/mol. The highest BCUT2D eigenvalue weighted by Gasteiger charge is 2.35. The lowest BCUT2D eigenvalue weighted by Gasteiger charge is -2.17. The van der Waals surface area contributed by atoms with Gasteiger partial charge in [0.1, 0.15) is 0 Å². The normalized spacial score (nSPS) is 13.8. The van der Waals surface area contributed by atoms with Gasteiger partial charge < -0.3 is 5.11 Å². The van der Waals surface area contributed by atoms with Gasteiger partial charge in [-0.25, -0.2) is 0 Å². The molecule has 0 radical (unpaired) electrons. The molecule has 1 aliphatic heterocycles. The number of amides is 2. The molecule has 1 unspecified atom stereocenters. The van der Waals surface area contributed by atoms with Crippen molar-refractivity contribution in [3.05, 3.63) is 88.9 Å². The number of nitrogens with zero attached hydrogens (tertiary/aromatic N) is 1. The Balaban J connectivity index is 1.35. The van der Waals surface area contributed by atoms with Crippen molar-refractivity contribution in [2.24, 2.45) is 5.92 Å².